The Morgan fingerprint density at radius 2 is 2.03 bits per heavy atom. The number of hydrogen-bond acceptors (Lipinski definition) is 5. The number of carbonyl (C=O) groups is 1. The molecule has 1 aliphatic rings. The van der Waals surface area contributed by atoms with Crippen LogP contribution in [0.4, 0.5) is 14.5 Å². The topological polar surface area (TPSA) is 71.3 Å². The Balaban J connectivity index is 1.37. The summed E-state index contributed by atoms with van der Waals surface area (Å²) in [6, 6.07) is 12.6. The lowest BCUT2D eigenvalue weighted by Crippen LogP contribution is -2.40. The molecule has 0 saturated carbocycles. The van der Waals surface area contributed by atoms with Crippen LogP contribution in [0.2, 0.25) is 0 Å². The fourth-order valence-corrected chi connectivity index (χ4v) is 3.45. The number of carbonyl (C=O) groups excluding carboxylic acids is 1. The molecule has 0 spiro atoms. The van der Waals surface area contributed by atoms with Crippen LogP contribution in [0, 0.1) is 17.6 Å². The number of likely N-dealkylation sites (tertiary alicyclic amines) is 1. The second-order valence-electron chi connectivity index (χ2n) is 7.07. The fraction of sp³-hybridized carbons (Fsp3) is 0.286. The van der Waals surface area contributed by atoms with Gasteiger partial charge in [-0.15, -0.1) is 0 Å². The minimum absolute atomic E-state index is 0.0158. The lowest BCUT2D eigenvalue weighted by Gasteiger charge is -2.30. The van der Waals surface area contributed by atoms with E-state index < -0.39 is 11.6 Å². The molecule has 150 valence electrons. The highest BCUT2D eigenvalue weighted by Crippen LogP contribution is 2.22. The number of anilines is 1. The van der Waals surface area contributed by atoms with Crippen molar-refractivity contribution in [2.45, 2.75) is 19.4 Å². The molecule has 1 amide bonds. The van der Waals surface area contributed by atoms with E-state index in [0.29, 0.717) is 31.2 Å². The summed E-state index contributed by atoms with van der Waals surface area (Å²) >= 11 is 0. The van der Waals surface area contributed by atoms with Gasteiger partial charge in [0, 0.05) is 18.2 Å². The number of nitrogens with zero attached hydrogens (tertiary/aromatic N) is 3. The molecular weight excluding hydrogens is 378 g/mol. The number of amides is 1. The normalized spacial score (nSPS) is 17.2. The van der Waals surface area contributed by atoms with Gasteiger partial charge >= 0.3 is 0 Å². The number of aromatic nitrogens is 2. The zero-order chi connectivity index (χ0) is 20.2. The summed E-state index contributed by atoms with van der Waals surface area (Å²) in [6.07, 6.45) is 1.52. The van der Waals surface area contributed by atoms with Crippen molar-refractivity contribution in [2.24, 2.45) is 5.92 Å². The molecular formula is C21H20F2N4O2. The molecule has 0 radical (unpaired) electrons. The molecule has 29 heavy (non-hydrogen) atoms. The van der Waals surface area contributed by atoms with Gasteiger partial charge in [-0.3, -0.25) is 9.69 Å². The number of halogens is 2. The zero-order valence-corrected chi connectivity index (χ0v) is 15.6. The van der Waals surface area contributed by atoms with Crippen LogP contribution < -0.4 is 5.32 Å². The van der Waals surface area contributed by atoms with Crippen LogP contribution >= 0.6 is 0 Å². The third-order valence-corrected chi connectivity index (χ3v) is 4.92. The smallest absolute Gasteiger partial charge is 0.241 e. The first-order valence-electron chi connectivity index (χ1n) is 9.45. The van der Waals surface area contributed by atoms with E-state index in [1.165, 1.54) is 6.07 Å². The van der Waals surface area contributed by atoms with Gasteiger partial charge in [0.2, 0.25) is 17.6 Å². The van der Waals surface area contributed by atoms with Crippen molar-refractivity contribution in [1.29, 1.82) is 0 Å². The largest absolute Gasteiger partial charge is 0.338 e. The molecule has 0 bridgehead atoms. The van der Waals surface area contributed by atoms with E-state index >= 15 is 0 Å². The van der Waals surface area contributed by atoms with E-state index in [1.54, 1.807) is 0 Å². The van der Waals surface area contributed by atoms with Gasteiger partial charge in [-0.05, 0) is 31.5 Å². The van der Waals surface area contributed by atoms with E-state index in [1.807, 2.05) is 30.3 Å². The van der Waals surface area contributed by atoms with E-state index in [-0.39, 0.29) is 17.5 Å². The summed E-state index contributed by atoms with van der Waals surface area (Å²) in [6.45, 7) is 1.74. The molecule has 1 N–H and O–H groups in total. The molecule has 0 aliphatic carbocycles. The van der Waals surface area contributed by atoms with E-state index in [2.05, 4.69) is 20.4 Å². The summed E-state index contributed by atoms with van der Waals surface area (Å²) < 4.78 is 32.2. The number of hydrogen-bond donors (Lipinski definition) is 1. The van der Waals surface area contributed by atoms with Crippen molar-refractivity contribution in [3.05, 3.63) is 66.1 Å². The minimum atomic E-state index is -0.787. The highest BCUT2D eigenvalue weighted by molar-refractivity contribution is 5.92. The molecule has 8 heteroatoms. The Hall–Kier alpha value is -3.13. The van der Waals surface area contributed by atoms with Gasteiger partial charge in [0.05, 0.1) is 18.2 Å². The number of benzene rings is 2. The second-order valence-corrected chi connectivity index (χ2v) is 7.07. The Bertz CT molecular complexity index is 993. The molecule has 1 unspecified atom stereocenters. The first-order valence-corrected chi connectivity index (χ1v) is 9.45. The molecule has 4 rings (SSSR count). The molecule has 1 aliphatic heterocycles. The van der Waals surface area contributed by atoms with Gasteiger partial charge in [0.1, 0.15) is 11.6 Å². The van der Waals surface area contributed by atoms with Crippen LogP contribution in [0.5, 0.6) is 0 Å². The average Bonchev–Trinajstić information content (AvgIpc) is 3.19. The Labute approximate surface area is 166 Å². The zero-order valence-electron chi connectivity index (χ0n) is 15.6. The van der Waals surface area contributed by atoms with Crippen LogP contribution in [0.3, 0.4) is 0 Å². The van der Waals surface area contributed by atoms with Gasteiger partial charge in [-0.1, -0.05) is 35.5 Å². The van der Waals surface area contributed by atoms with Gasteiger partial charge in [0.25, 0.3) is 0 Å². The second kappa shape index (κ2) is 8.48. The monoisotopic (exact) mass is 398 g/mol. The van der Waals surface area contributed by atoms with Crippen LogP contribution in [0.25, 0.3) is 11.4 Å². The lowest BCUT2D eigenvalue weighted by molar-refractivity contribution is -0.121. The highest BCUT2D eigenvalue weighted by atomic mass is 19.1. The Kier molecular flexibility index (Phi) is 5.62. The molecule has 2 heterocycles. The molecule has 6 nitrogen and oxygen atoms in total. The van der Waals surface area contributed by atoms with Crippen molar-refractivity contribution in [3.8, 4) is 11.4 Å². The molecule has 1 atom stereocenters. The minimum Gasteiger partial charge on any atom is -0.338 e. The Morgan fingerprint density at radius 3 is 2.83 bits per heavy atom. The first kappa shape index (κ1) is 19.2. The van der Waals surface area contributed by atoms with E-state index in [4.69, 9.17) is 4.52 Å². The van der Waals surface area contributed by atoms with Crippen molar-refractivity contribution in [1.82, 2.24) is 15.0 Å². The molecule has 1 aromatic heterocycles. The first-order chi connectivity index (χ1) is 14.1. The maximum absolute atomic E-state index is 13.8. The number of rotatable bonds is 5. The van der Waals surface area contributed by atoms with Gasteiger partial charge in [-0.25, -0.2) is 8.78 Å². The third-order valence-electron chi connectivity index (χ3n) is 4.92. The van der Waals surface area contributed by atoms with Gasteiger partial charge in [-0.2, -0.15) is 4.98 Å². The van der Waals surface area contributed by atoms with Gasteiger partial charge in [0.15, 0.2) is 0 Å². The summed E-state index contributed by atoms with van der Waals surface area (Å²) in [5.41, 5.74) is 0.859. The predicted octanol–water partition coefficient (Wildman–Crippen LogP) is 3.87. The van der Waals surface area contributed by atoms with E-state index in [0.717, 1.165) is 30.7 Å². The van der Waals surface area contributed by atoms with Crippen LogP contribution in [-0.4, -0.2) is 34.0 Å². The van der Waals surface area contributed by atoms with Crippen molar-refractivity contribution in [3.63, 3.8) is 0 Å². The SMILES string of the molecule is O=C(Nc1ccc(F)cc1F)C1CCCN(Cc2nc(-c3ccccc3)no2)C1. The quantitative estimate of drug-likeness (QED) is 0.707. The van der Waals surface area contributed by atoms with Gasteiger partial charge < -0.3 is 9.84 Å². The summed E-state index contributed by atoms with van der Waals surface area (Å²) in [5, 5.41) is 6.57. The van der Waals surface area contributed by atoms with Crippen LogP contribution in [0.1, 0.15) is 18.7 Å². The molecule has 1 fully saturated rings. The Morgan fingerprint density at radius 1 is 1.21 bits per heavy atom. The molecule has 1 saturated heterocycles. The van der Waals surface area contributed by atoms with Crippen molar-refractivity contribution in [2.75, 3.05) is 18.4 Å². The van der Waals surface area contributed by atoms with Crippen molar-refractivity contribution < 1.29 is 18.1 Å². The average molecular weight is 398 g/mol. The third kappa shape index (κ3) is 4.65. The predicted molar refractivity (Wildman–Crippen MR) is 103 cm³/mol. The molecule has 2 aromatic carbocycles. The summed E-state index contributed by atoms with van der Waals surface area (Å²) in [4.78, 5) is 19.0. The molecule has 3 aromatic rings. The maximum atomic E-state index is 13.8. The van der Waals surface area contributed by atoms with Crippen LogP contribution in [-0.2, 0) is 11.3 Å². The number of piperidine rings is 1. The highest BCUT2D eigenvalue weighted by Gasteiger charge is 2.27. The summed E-state index contributed by atoms with van der Waals surface area (Å²) in [7, 11) is 0. The fourth-order valence-electron chi connectivity index (χ4n) is 3.45. The van der Waals surface area contributed by atoms with E-state index in [9.17, 15) is 13.6 Å². The van der Waals surface area contributed by atoms with Crippen molar-refractivity contribution >= 4 is 11.6 Å². The van der Waals surface area contributed by atoms with Crippen LogP contribution in [0.15, 0.2) is 53.1 Å². The summed E-state index contributed by atoms with van der Waals surface area (Å²) in [5.74, 6) is -1.04. The number of nitrogens with one attached hydrogen (secondary N) is 1. The maximum Gasteiger partial charge on any atom is 0.241 e. The lowest BCUT2D eigenvalue weighted by atomic mass is 9.97. The standard InChI is InChI=1S/C21H20F2N4O2/c22-16-8-9-18(17(23)11-16)24-21(28)15-7-4-10-27(12-15)13-19-25-20(26-29-19)14-5-2-1-3-6-14/h1-3,5-6,8-9,11,15H,4,7,10,12-13H2,(H,24,28).